The zero-order valence-electron chi connectivity index (χ0n) is 12.8. The highest BCUT2D eigenvalue weighted by molar-refractivity contribution is 5.36. The Hall–Kier alpha value is -0.830. The van der Waals surface area contributed by atoms with E-state index in [0.29, 0.717) is 17.9 Å². The van der Waals surface area contributed by atoms with Gasteiger partial charge < -0.3 is 5.73 Å². The minimum Gasteiger partial charge on any atom is -0.325 e. The third-order valence-electron chi connectivity index (χ3n) is 6.20. The molecular weight excluding hydrogens is 246 g/mol. The summed E-state index contributed by atoms with van der Waals surface area (Å²) in [5.74, 6) is 3.44. The molecular formula is C17H27N3. The van der Waals surface area contributed by atoms with Crippen LogP contribution in [0, 0.1) is 17.8 Å². The maximum absolute atomic E-state index is 5.92. The van der Waals surface area contributed by atoms with E-state index >= 15 is 0 Å². The highest BCUT2D eigenvalue weighted by atomic mass is 15.1. The topological polar surface area (TPSA) is 54.7 Å². The highest BCUT2D eigenvalue weighted by Gasteiger charge is 2.53. The van der Waals surface area contributed by atoms with Gasteiger partial charge in [-0.25, -0.2) is 0 Å². The van der Waals surface area contributed by atoms with Crippen LogP contribution in [0.1, 0.15) is 75.2 Å². The number of hydrogen-bond donors (Lipinski definition) is 2. The number of nitrogens with one attached hydrogen (secondary N) is 1. The number of nitrogens with zero attached hydrogens (tertiary/aromatic N) is 1. The zero-order chi connectivity index (χ0) is 13.9. The summed E-state index contributed by atoms with van der Waals surface area (Å²) in [6, 6.07) is 0. The van der Waals surface area contributed by atoms with E-state index in [1.165, 1.54) is 55.5 Å². The summed E-state index contributed by atoms with van der Waals surface area (Å²) < 4.78 is 0. The second kappa shape index (κ2) is 4.33. The lowest BCUT2D eigenvalue weighted by atomic mass is 9.48. The molecule has 0 amide bonds. The van der Waals surface area contributed by atoms with Crippen molar-refractivity contribution in [3.63, 3.8) is 0 Å². The first-order valence-corrected chi connectivity index (χ1v) is 8.39. The van der Waals surface area contributed by atoms with Gasteiger partial charge in [0.1, 0.15) is 0 Å². The van der Waals surface area contributed by atoms with Crippen molar-refractivity contribution in [2.24, 2.45) is 23.5 Å². The van der Waals surface area contributed by atoms with Crippen molar-refractivity contribution in [1.29, 1.82) is 0 Å². The van der Waals surface area contributed by atoms with Crippen LogP contribution in [0.15, 0.2) is 0 Å². The van der Waals surface area contributed by atoms with Crippen molar-refractivity contribution < 1.29 is 0 Å². The fraction of sp³-hybridized carbons (Fsp3) is 0.824. The Morgan fingerprint density at radius 1 is 1.15 bits per heavy atom. The van der Waals surface area contributed by atoms with Gasteiger partial charge in [0.05, 0.1) is 11.4 Å². The minimum absolute atomic E-state index is 0.387. The molecule has 4 aliphatic carbocycles. The van der Waals surface area contributed by atoms with Crippen molar-refractivity contribution in [2.75, 3.05) is 0 Å². The Morgan fingerprint density at radius 3 is 2.15 bits per heavy atom. The average molecular weight is 273 g/mol. The zero-order valence-corrected chi connectivity index (χ0v) is 12.8. The third kappa shape index (κ3) is 1.71. The predicted molar refractivity (Wildman–Crippen MR) is 80.4 cm³/mol. The summed E-state index contributed by atoms with van der Waals surface area (Å²) in [6.45, 7) is 5.16. The number of hydrogen-bond acceptors (Lipinski definition) is 2. The molecule has 4 bridgehead atoms. The van der Waals surface area contributed by atoms with Crippen LogP contribution in [-0.2, 0) is 12.0 Å². The van der Waals surface area contributed by atoms with E-state index in [1.807, 2.05) is 0 Å². The number of nitrogens with two attached hydrogens (primary N) is 1. The number of H-pyrrole nitrogens is 1. The van der Waals surface area contributed by atoms with Crippen LogP contribution < -0.4 is 5.73 Å². The van der Waals surface area contributed by atoms with Gasteiger partial charge in [-0.15, -0.1) is 0 Å². The lowest BCUT2D eigenvalue weighted by Crippen LogP contribution is -2.49. The molecule has 4 saturated carbocycles. The molecule has 0 aliphatic heterocycles. The summed E-state index contributed by atoms with van der Waals surface area (Å²) >= 11 is 0. The van der Waals surface area contributed by atoms with Crippen molar-refractivity contribution in [3.05, 3.63) is 17.0 Å². The van der Waals surface area contributed by atoms with Crippen molar-refractivity contribution in [2.45, 2.75) is 70.3 Å². The Kier molecular flexibility index (Phi) is 2.79. The first-order chi connectivity index (χ1) is 9.61. The lowest BCUT2D eigenvalue weighted by molar-refractivity contribution is -0.00771. The molecule has 0 saturated heterocycles. The highest BCUT2D eigenvalue weighted by Crippen LogP contribution is 2.61. The Bertz CT molecular complexity index is 479. The van der Waals surface area contributed by atoms with Crippen LogP contribution in [-0.4, -0.2) is 10.2 Å². The quantitative estimate of drug-likeness (QED) is 0.886. The van der Waals surface area contributed by atoms with E-state index in [1.54, 1.807) is 0 Å². The van der Waals surface area contributed by atoms with Crippen LogP contribution in [0.4, 0.5) is 0 Å². The molecule has 1 aromatic rings. The molecule has 110 valence electrons. The molecule has 20 heavy (non-hydrogen) atoms. The lowest BCUT2D eigenvalue weighted by Gasteiger charge is -2.56. The molecule has 3 heteroatoms. The average Bonchev–Trinajstić information content (AvgIpc) is 2.81. The van der Waals surface area contributed by atoms with E-state index in [9.17, 15) is 0 Å². The molecule has 1 aromatic heterocycles. The summed E-state index contributed by atoms with van der Waals surface area (Å²) in [7, 11) is 0. The molecule has 3 N–H and O–H groups in total. The van der Waals surface area contributed by atoms with Crippen LogP contribution in [0.3, 0.4) is 0 Å². The van der Waals surface area contributed by atoms with Crippen molar-refractivity contribution >= 4 is 0 Å². The number of rotatable bonds is 3. The Labute approximate surface area is 121 Å². The van der Waals surface area contributed by atoms with E-state index in [4.69, 9.17) is 10.8 Å². The van der Waals surface area contributed by atoms with Crippen LogP contribution in [0.25, 0.3) is 0 Å². The summed E-state index contributed by atoms with van der Waals surface area (Å²) in [6.07, 6.45) is 8.62. The summed E-state index contributed by atoms with van der Waals surface area (Å²) in [4.78, 5) is 0. The monoisotopic (exact) mass is 273 g/mol. The molecule has 0 atom stereocenters. The van der Waals surface area contributed by atoms with Gasteiger partial charge in [0, 0.05) is 17.5 Å². The number of aromatic nitrogens is 2. The van der Waals surface area contributed by atoms with E-state index in [-0.39, 0.29) is 0 Å². The van der Waals surface area contributed by atoms with Gasteiger partial charge >= 0.3 is 0 Å². The first kappa shape index (κ1) is 12.9. The van der Waals surface area contributed by atoms with E-state index in [2.05, 4.69) is 18.9 Å². The van der Waals surface area contributed by atoms with Crippen LogP contribution in [0.5, 0.6) is 0 Å². The van der Waals surface area contributed by atoms with Crippen molar-refractivity contribution in [1.82, 2.24) is 10.2 Å². The van der Waals surface area contributed by atoms with E-state index in [0.717, 1.165) is 17.8 Å². The van der Waals surface area contributed by atoms with Crippen LogP contribution >= 0.6 is 0 Å². The van der Waals surface area contributed by atoms with Crippen molar-refractivity contribution in [3.8, 4) is 0 Å². The van der Waals surface area contributed by atoms with Gasteiger partial charge in [-0.2, -0.15) is 5.10 Å². The van der Waals surface area contributed by atoms with Gasteiger partial charge in [-0.1, -0.05) is 13.8 Å². The number of aromatic amines is 1. The minimum atomic E-state index is 0.387. The molecule has 4 aliphatic rings. The standard InChI is InChI=1S/C17H27N3/c1-10(2)15-14(9-18)19-20-16(15)17-6-11-3-12(7-17)5-13(4-11)8-17/h10-13H,3-9,18H2,1-2H3,(H,19,20). The Balaban J connectivity index is 1.79. The van der Waals surface area contributed by atoms with Gasteiger partial charge in [-0.05, 0) is 62.2 Å². The second-order valence-electron chi connectivity index (χ2n) is 8.02. The molecule has 5 rings (SSSR count). The third-order valence-corrected chi connectivity index (χ3v) is 6.20. The molecule has 3 nitrogen and oxygen atoms in total. The maximum atomic E-state index is 5.92. The molecule has 1 heterocycles. The molecule has 4 fully saturated rings. The Morgan fingerprint density at radius 2 is 1.70 bits per heavy atom. The first-order valence-electron chi connectivity index (χ1n) is 8.39. The molecule has 0 radical (unpaired) electrons. The largest absolute Gasteiger partial charge is 0.325 e. The SMILES string of the molecule is CC(C)c1c(C23CC4CC(CC(C4)C2)C3)n[nH]c1CN. The molecule has 0 spiro atoms. The molecule has 0 aromatic carbocycles. The van der Waals surface area contributed by atoms with Gasteiger partial charge in [0.15, 0.2) is 0 Å². The maximum Gasteiger partial charge on any atom is 0.0722 e. The fourth-order valence-corrected chi connectivity index (χ4v) is 5.97. The molecule has 0 unspecified atom stereocenters. The smallest absolute Gasteiger partial charge is 0.0722 e. The predicted octanol–water partition coefficient (Wildman–Crippen LogP) is 3.46. The van der Waals surface area contributed by atoms with Gasteiger partial charge in [0.25, 0.3) is 0 Å². The van der Waals surface area contributed by atoms with Gasteiger partial charge in [-0.3, -0.25) is 5.10 Å². The summed E-state index contributed by atoms with van der Waals surface area (Å²) in [5.41, 5.74) is 10.3. The second-order valence-corrected chi connectivity index (χ2v) is 8.02. The normalized spacial score (nSPS) is 38.9. The van der Waals surface area contributed by atoms with Crippen LogP contribution in [0.2, 0.25) is 0 Å². The fourth-order valence-electron chi connectivity index (χ4n) is 5.97. The van der Waals surface area contributed by atoms with Gasteiger partial charge in [0.2, 0.25) is 0 Å². The summed E-state index contributed by atoms with van der Waals surface area (Å²) in [5, 5.41) is 8.05. The van der Waals surface area contributed by atoms with E-state index < -0.39 is 0 Å².